The van der Waals surface area contributed by atoms with Crippen LogP contribution in [0.5, 0.6) is 5.75 Å². The Morgan fingerprint density at radius 2 is 1.50 bits per heavy atom. The Bertz CT molecular complexity index is 1250. The van der Waals surface area contributed by atoms with E-state index in [0.29, 0.717) is 0 Å². The van der Waals surface area contributed by atoms with Crippen molar-refractivity contribution < 1.29 is 36.1 Å². The summed E-state index contributed by atoms with van der Waals surface area (Å²) < 4.78 is 2.13. The third-order valence-corrected chi connectivity index (χ3v) is 5.58. The molecule has 0 fully saturated rings. The number of fused-ring (bicyclic) bond motifs is 3. The maximum absolute atomic E-state index is 11.6. The van der Waals surface area contributed by atoms with Gasteiger partial charge in [0.15, 0.2) is 0 Å². The third kappa shape index (κ3) is 4.13. The summed E-state index contributed by atoms with van der Waals surface area (Å²) in [5.41, 5.74) is 7.59. The van der Waals surface area contributed by atoms with Gasteiger partial charge in [0, 0.05) is 16.9 Å². The average molecular weight is 609 g/mol. The van der Waals surface area contributed by atoms with Crippen LogP contribution >= 0.6 is 0 Å². The number of aromatic hydroxyl groups is 1. The molecule has 5 rings (SSSR count). The topological polar surface area (TPSA) is 129 Å². The van der Waals surface area contributed by atoms with Gasteiger partial charge in [-0.05, 0) is 53.8 Å². The number of nitrogens with two attached hydrogens (primary N) is 2. The predicted octanol–water partition coefficient (Wildman–Crippen LogP) is 6.75. The van der Waals surface area contributed by atoms with Gasteiger partial charge in [-0.1, -0.05) is 54.6 Å². The summed E-state index contributed by atoms with van der Waals surface area (Å²) in [4.78, 5) is 11.6. The zero-order valence-electron chi connectivity index (χ0n) is 17.1. The van der Waals surface area contributed by atoms with Crippen molar-refractivity contribution in [2.45, 2.75) is 12.8 Å². The smallest absolute Gasteiger partial charge is 0.693 e. The molecule has 1 heterocycles. The molecule has 0 atom stereocenters. The van der Waals surface area contributed by atoms with Crippen LogP contribution in [0.2, 0.25) is 0 Å². The molecular formula is C25H23N3O3Pt. The third-order valence-electron chi connectivity index (χ3n) is 5.58. The maximum Gasteiger partial charge on any atom is 2.00 e. The quantitative estimate of drug-likeness (QED) is 0.267. The number of phenols is 1. The number of aromatic nitrogens is 1. The Hall–Kier alpha value is -3.18. The van der Waals surface area contributed by atoms with E-state index in [-0.39, 0.29) is 44.7 Å². The minimum atomic E-state index is -1.14. The molecule has 32 heavy (non-hydrogen) atoms. The zero-order chi connectivity index (χ0) is 20.0. The van der Waals surface area contributed by atoms with Gasteiger partial charge in [0.2, 0.25) is 0 Å². The molecule has 6 nitrogen and oxygen atoms in total. The van der Waals surface area contributed by atoms with E-state index in [4.69, 9.17) is 0 Å². The monoisotopic (exact) mass is 608 g/mol. The van der Waals surface area contributed by atoms with Gasteiger partial charge in [-0.25, -0.2) is 4.79 Å². The number of nitrogens with zero attached hydrogens (tertiary/aromatic N) is 1. The first-order chi connectivity index (χ1) is 14.1. The van der Waals surface area contributed by atoms with Gasteiger partial charge in [-0.15, -0.1) is 0 Å². The first-order valence-corrected chi connectivity index (χ1v) is 9.58. The summed E-state index contributed by atoms with van der Waals surface area (Å²) >= 11 is 0. The fourth-order valence-electron chi connectivity index (χ4n) is 4.23. The van der Waals surface area contributed by atoms with Crippen LogP contribution in [0.4, 0.5) is 0 Å². The van der Waals surface area contributed by atoms with E-state index in [9.17, 15) is 15.0 Å². The van der Waals surface area contributed by atoms with Crippen LogP contribution in [-0.4, -0.2) is 20.7 Å². The zero-order valence-corrected chi connectivity index (χ0v) is 19.4. The Morgan fingerprint density at radius 1 is 0.812 bits per heavy atom. The van der Waals surface area contributed by atoms with Crippen LogP contribution in [0.15, 0.2) is 78.9 Å². The van der Waals surface area contributed by atoms with Crippen molar-refractivity contribution in [3.63, 3.8) is 0 Å². The van der Waals surface area contributed by atoms with Crippen LogP contribution in [0, 0.1) is 0 Å². The average Bonchev–Trinajstić information content (AvgIpc) is 3.15. The molecule has 1 aliphatic rings. The number of hydrogen-bond donors (Lipinski definition) is 2. The summed E-state index contributed by atoms with van der Waals surface area (Å²) in [5.74, 6) is -1.37. The van der Waals surface area contributed by atoms with Gasteiger partial charge < -0.3 is 27.1 Å². The molecule has 0 radical (unpaired) electrons. The largest absolute Gasteiger partial charge is 2.00 e. The predicted molar refractivity (Wildman–Crippen MR) is 123 cm³/mol. The van der Waals surface area contributed by atoms with Crippen molar-refractivity contribution in [1.29, 1.82) is 0 Å². The van der Waals surface area contributed by atoms with E-state index in [1.807, 2.05) is 18.2 Å². The van der Waals surface area contributed by atoms with Crippen molar-refractivity contribution in [3.8, 4) is 33.8 Å². The number of carboxylic acid groups (broad SMARTS) is 1. The molecule has 1 aliphatic carbocycles. The van der Waals surface area contributed by atoms with Gasteiger partial charge in [0.1, 0.15) is 11.3 Å². The Labute approximate surface area is 201 Å². The molecule has 0 amide bonds. The summed E-state index contributed by atoms with van der Waals surface area (Å²) in [6, 6.07) is 25.5. The van der Waals surface area contributed by atoms with E-state index in [0.717, 1.165) is 35.5 Å². The standard InChI is InChI=1S/C25H19NO3.2H2N.Pt/c27-24-13-11-18(14-21(24)25(28)29)26-22-12-10-16-6-4-5-9-19(16)20(22)15-23(26)17-7-2-1-3-8-17;;;/h1-9,11,13-15,27H,10,12H2,(H,28,29);2*1H2;/q;2*-1;+2. The summed E-state index contributed by atoms with van der Waals surface area (Å²) in [5, 5.41) is 19.4. The Balaban J connectivity index is 0.00000121. The van der Waals surface area contributed by atoms with E-state index in [1.165, 1.54) is 22.8 Å². The summed E-state index contributed by atoms with van der Waals surface area (Å²) in [7, 11) is 0. The van der Waals surface area contributed by atoms with Gasteiger partial charge in [-0.3, -0.25) is 0 Å². The molecule has 3 aromatic carbocycles. The normalized spacial score (nSPS) is 11.1. The van der Waals surface area contributed by atoms with Crippen LogP contribution in [-0.2, 0) is 33.9 Å². The summed E-state index contributed by atoms with van der Waals surface area (Å²) in [6.45, 7) is 0. The van der Waals surface area contributed by atoms with Crippen LogP contribution in [0.1, 0.15) is 21.6 Å². The van der Waals surface area contributed by atoms with E-state index in [2.05, 4.69) is 47.0 Å². The number of aryl methyl sites for hydroxylation is 1. The second-order valence-corrected chi connectivity index (χ2v) is 7.26. The Kier molecular flexibility index (Phi) is 7.81. The number of aromatic carboxylic acids is 1. The SMILES string of the molecule is O=C(O)c1cc(-n2c(-c3ccccc3)cc3c2CCc2ccccc2-3)ccc1O.[NH2-].[NH2-].[Pt+2]. The van der Waals surface area contributed by atoms with Crippen molar-refractivity contribution in [2.75, 3.05) is 0 Å². The van der Waals surface area contributed by atoms with E-state index < -0.39 is 5.97 Å². The van der Waals surface area contributed by atoms with Crippen molar-refractivity contribution in [1.82, 2.24) is 4.57 Å². The van der Waals surface area contributed by atoms with Crippen LogP contribution < -0.4 is 0 Å². The van der Waals surface area contributed by atoms with Gasteiger partial charge in [-0.2, -0.15) is 0 Å². The number of carbonyl (C=O) groups is 1. The molecular weight excluding hydrogens is 585 g/mol. The first-order valence-electron chi connectivity index (χ1n) is 9.58. The Morgan fingerprint density at radius 3 is 2.22 bits per heavy atom. The maximum atomic E-state index is 11.6. The molecule has 4 aromatic rings. The van der Waals surface area contributed by atoms with Gasteiger partial charge in [0.05, 0.1) is 5.69 Å². The fraction of sp³-hybridized carbons (Fsp3) is 0.0800. The molecule has 1 aromatic heterocycles. The van der Waals surface area contributed by atoms with Gasteiger partial charge in [0.25, 0.3) is 0 Å². The minimum Gasteiger partial charge on any atom is -0.693 e. The summed E-state index contributed by atoms with van der Waals surface area (Å²) in [6.07, 6.45) is 1.80. The molecule has 0 spiro atoms. The first kappa shape index (κ1) is 25.1. The van der Waals surface area contributed by atoms with Gasteiger partial charge >= 0.3 is 27.0 Å². The molecule has 166 valence electrons. The second-order valence-electron chi connectivity index (χ2n) is 7.26. The molecule has 0 unspecified atom stereocenters. The van der Waals surface area contributed by atoms with Crippen LogP contribution in [0.3, 0.4) is 0 Å². The van der Waals surface area contributed by atoms with Crippen molar-refractivity contribution >= 4 is 5.97 Å². The van der Waals surface area contributed by atoms with Crippen molar-refractivity contribution in [2.24, 2.45) is 0 Å². The number of benzene rings is 3. The fourth-order valence-corrected chi connectivity index (χ4v) is 4.23. The molecule has 0 bridgehead atoms. The van der Waals surface area contributed by atoms with E-state index >= 15 is 0 Å². The van der Waals surface area contributed by atoms with E-state index in [1.54, 1.807) is 12.1 Å². The molecule has 7 heteroatoms. The molecule has 0 saturated heterocycles. The molecule has 0 saturated carbocycles. The molecule has 6 N–H and O–H groups in total. The molecule has 0 aliphatic heterocycles. The number of rotatable bonds is 3. The second kappa shape index (κ2) is 9.96. The number of carboxylic acids is 1. The van der Waals surface area contributed by atoms with Crippen molar-refractivity contribution in [3.05, 3.63) is 108 Å². The number of hydrogen-bond acceptors (Lipinski definition) is 2. The minimum absolute atomic E-state index is 0. The van der Waals surface area contributed by atoms with Crippen LogP contribution in [0.25, 0.3) is 40.4 Å².